The molecule has 0 saturated carbocycles. The summed E-state index contributed by atoms with van der Waals surface area (Å²) in [7, 11) is 0. The van der Waals surface area contributed by atoms with E-state index in [4.69, 9.17) is 9.47 Å². The molecule has 2 aliphatic rings. The summed E-state index contributed by atoms with van der Waals surface area (Å²) >= 11 is 0. The number of hydrogen-bond donors (Lipinski definition) is 3. The molecule has 2 atom stereocenters. The van der Waals surface area contributed by atoms with Gasteiger partial charge in [0.1, 0.15) is 0 Å². The zero-order chi connectivity index (χ0) is 16.0. The highest BCUT2D eigenvalue weighted by atomic mass is 16.5. The molecule has 2 unspecified atom stereocenters. The lowest BCUT2D eigenvalue weighted by molar-refractivity contribution is 0.0323. The SMILES string of the molecule is C1CNCCN2CCNCCN(CCN1)CCOCCOCC2. The number of nitrogens with one attached hydrogen (secondary N) is 3. The zero-order valence-corrected chi connectivity index (χ0v) is 14.5. The van der Waals surface area contributed by atoms with Crippen LogP contribution < -0.4 is 16.0 Å². The third-order valence-corrected chi connectivity index (χ3v) is 4.37. The topological polar surface area (TPSA) is 61.0 Å². The molecule has 2 bridgehead atoms. The highest BCUT2D eigenvalue weighted by Gasteiger charge is 2.08. The summed E-state index contributed by atoms with van der Waals surface area (Å²) in [6.07, 6.45) is 0. The Bertz CT molecular complexity index is 237. The van der Waals surface area contributed by atoms with Crippen molar-refractivity contribution in [1.82, 2.24) is 25.8 Å². The Hall–Kier alpha value is -0.280. The molecule has 0 aromatic carbocycles. The molecule has 0 amide bonds. The van der Waals surface area contributed by atoms with Gasteiger partial charge in [0.15, 0.2) is 0 Å². The minimum absolute atomic E-state index is 0.700. The Kier molecular flexibility index (Phi) is 10.8. The second-order valence-electron chi connectivity index (χ2n) is 6.16. The van der Waals surface area contributed by atoms with Crippen LogP contribution in [0.15, 0.2) is 0 Å². The third kappa shape index (κ3) is 9.56. The predicted octanol–water partition coefficient (Wildman–Crippen LogP) is -1.58. The molecule has 7 nitrogen and oxygen atoms in total. The molecule has 7 heteroatoms. The second kappa shape index (κ2) is 13.1. The third-order valence-electron chi connectivity index (χ3n) is 4.37. The molecular formula is C16H35N5O2. The van der Waals surface area contributed by atoms with Crippen LogP contribution >= 0.6 is 0 Å². The summed E-state index contributed by atoms with van der Waals surface area (Å²) < 4.78 is 11.4. The number of nitrogens with zero attached hydrogens (tertiary/aromatic N) is 2. The maximum Gasteiger partial charge on any atom is 0.0701 e. The minimum Gasteiger partial charge on any atom is -0.378 e. The van der Waals surface area contributed by atoms with Crippen molar-refractivity contribution in [2.45, 2.75) is 0 Å². The van der Waals surface area contributed by atoms with Crippen LogP contribution in [0.4, 0.5) is 0 Å². The van der Waals surface area contributed by atoms with E-state index < -0.39 is 0 Å². The molecule has 0 aliphatic carbocycles. The van der Waals surface area contributed by atoms with Crippen LogP contribution in [0.1, 0.15) is 0 Å². The fourth-order valence-electron chi connectivity index (χ4n) is 2.88. The fourth-order valence-corrected chi connectivity index (χ4v) is 2.88. The number of rotatable bonds is 0. The molecule has 2 aliphatic heterocycles. The van der Waals surface area contributed by atoms with E-state index in [9.17, 15) is 0 Å². The van der Waals surface area contributed by atoms with E-state index in [1.54, 1.807) is 0 Å². The molecule has 23 heavy (non-hydrogen) atoms. The molecule has 2 saturated heterocycles. The Morgan fingerprint density at radius 3 is 1.26 bits per heavy atom. The van der Waals surface area contributed by atoms with Crippen molar-refractivity contribution in [1.29, 1.82) is 0 Å². The highest BCUT2D eigenvalue weighted by molar-refractivity contribution is 4.67. The Balaban J connectivity index is 1.87. The van der Waals surface area contributed by atoms with Crippen molar-refractivity contribution < 1.29 is 9.47 Å². The van der Waals surface area contributed by atoms with Crippen LogP contribution in [0.5, 0.6) is 0 Å². The van der Waals surface area contributed by atoms with Gasteiger partial charge in [-0.05, 0) is 0 Å². The van der Waals surface area contributed by atoms with Crippen LogP contribution in [0, 0.1) is 0 Å². The summed E-state index contributed by atoms with van der Waals surface area (Å²) in [6, 6.07) is 0. The first-order valence-corrected chi connectivity index (χ1v) is 9.17. The Morgan fingerprint density at radius 1 is 0.435 bits per heavy atom. The van der Waals surface area contributed by atoms with E-state index in [1.165, 1.54) is 0 Å². The van der Waals surface area contributed by atoms with E-state index in [1.807, 2.05) is 0 Å². The van der Waals surface area contributed by atoms with Crippen LogP contribution in [-0.2, 0) is 9.47 Å². The first-order chi connectivity index (χ1) is 11.4. The molecule has 2 heterocycles. The quantitative estimate of drug-likeness (QED) is 0.464. The van der Waals surface area contributed by atoms with E-state index >= 15 is 0 Å². The van der Waals surface area contributed by atoms with E-state index in [-0.39, 0.29) is 0 Å². The largest absolute Gasteiger partial charge is 0.378 e. The summed E-state index contributed by atoms with van der Waals surface area (Å²) in [5, 5.41) is 10.6. The van der Waals surface area contributed by atoms with E-state index in [0.29, 0.717) is 13.2 Å². The number of ether oxygens (including phenoxy) is 2. The zero-order valence-electron chi connectivity index (χ0n) is 14.5. The Morgan fingerprint density at radius 2 is 0.826 bits per heavy atom. The first kappa shape index (κ1) is 19.1. The van der Waals surface area contributed by atoms with Crippen molar-refractivity contribution >= 4 is 0 Å². The average molecular weight is 329 g/mol. The molecule has 0 aromatic rings. The van der Waals surface area contributed by atoms with Crippen molar-refractivity contribution in [2.75, 3.05) is 105 Å². The lowest BCUT2D eigenvalue weighted by Crippen LogP contribution is -2.41. The van der Waals surface area contributed by atoms with Crippen molar-refractivity contribution in [3.05, 3.63) is 0 Å². The molecule has 0 aromatic heterocycles. The van der Waals surface area contributed by atoms with E-state index in [0.717, 1.165) is 91.8 Å². The summed E-state index contributed by atoms with van der Waals surface area (Å²) in [5.41, 5.74) is 0. The standard InChI is InChI=1S/C16H35N5O2/c1-2-18-4-8-21-10-6-19-5-9-20(7-3-17-1)11-13-22-15-16-23-14-12-21/h17-19H,1-16H2. The monoisotopic (exact) mass is 329 g/mol. The maximum absolute atomic E-state index is 5.70. The van der Waals surface area contributed by atoms with Crippen LogP contribution in [0.25, 0.3) is 0 Å². The van der Waals surface area contributed by atoms with E-state index in [2.05, 4.69) is 25.8 Å². The van der Waals surface area contributed by atoms with Gasteiger partial charge in [-0.25, -0.2) is 0 Å². The van der Waals surface area contributed by atoms with Crippen LogP contribution in [-0.4, -0.2) is 115 Å². The first-order valence-electron chi connectivity index (χ1n) is 9.17. The molecule has 3 N–H and O–H groups in total. The molecule has 2 rings (SSSR count). The van der Waals surface area contributed by atoms with Gasteiger partial charge in [0.05, 0.1) is 26.4 Å². The fraction of sp³-hybridized carbons (Fsp3) is 1.00. The van der Waals surface area contributed by atoms with Gasteiger partial charge in [-0.3, -0.25) is 9.80 Å². The summed E-state index contributed by atoms with van der Waals surface area (Å²) in [5.74, 6) is 0. The Labute approximate surface area is 141 Å². The van der Waals surface area contributed by atoms with Crippen molar-refractivity contribution in [3.63, 3.8) is 0 Å². The lowest BCUT2D eigenvalue weighted by atomic mass is 10.4. The van der Waals surface area contributed by atoms with Gasteiger partial charge in [-0.1, -0.05) is 0 Å². The lowest BCUT2D eigenvalue weighted by Gasteiger charge is -2.23. The predicted molar refractivity (Wildman–Crippen MR) is 93.1 cm³/mol. The molecule has 0 spiro atoms. The van der Waals surface area contributed by atoms with Gasteiger partial charge in [-0.15, -0.1) is 0 Å². The van der Waals surface area contributed by atoms with Crippen molar-refractivity contribution in [3.8, 4) is 0 Å². The van der Waals surface area contributed by atoms with Gasteiger partial charge in [0, 0.05) is 78.5 Å². The number of hydrogen-bond acceptors (Lipinski definition) is 7. The molecule has 136 valence electrons. The van der Waals surface area contributed by atoms with Crippen LogP contribution in [0.3, 0.4) is 0 Å². The molecule has 0 radical (unpaired) electrons. The summed E-state index contributed by atoms with van der Waals surface area (Å²) in [4.78, 5) is 4.96. The normalized spacial score (nSPS) is 31.3. The highest BCUT2D eigenvalue weighted by Crippen LogP contribution is 1.92. The maximum atomic E-state index is 5.70. The van der Waals surface area contributed by atoms with Crippen molar-refractivity contribution in [2.24, 2.45) is 0 Å². The van der Waals surface area contributed by atoms with Gasteiger partial charge in [-0.2, -0.15) is 0 Å². The van der Waals surface area contributed by atoms with Gasteiger partial charge < -0.3 is 25.4 Å². The molecule has 2 fully saturated rings. The summed E-state index contributed by atoms with van der Waals surface area (Å²) in [6.45, 7) is 15.5. The van der Waals surface area contributed by atoms with Crippen LogP contribution in [0.2, 0.25) is 0 Å². The smallest absolute Gasteiger partial charge is 0.0701 e. The van der Waals surface area contributed by atoms with Gasteiger partial charge in [0.2, 0.25) is 0 Å². The number of fused-ring (bicyclic) bond motifs is 6. The van der Waals surface area contributed by atoms with Gasteiger partial charge >= 0.3 is 0 Å². The second-order valence-corrected chi connectivity index (χ2v) is 6.16. The van der Waals surface area contributed by atoms with Gasteiger partial charge in [0.25, 0.3) is 0 Å². The average Bonchev–Trinajstić information content (AvgIpc) is 2.57. The molecular weight excluding hydrogens is 294 g/mol. The minimum atomic E-state index is 0.700.